The molecule has 3 nitrogen and oxygen atoms in total. The topological polar surface area (TPSA) is 50.2 Å². The zero-order valence-electron chi connectivity index (χ0n) is 8.65. The first-order valence-electron chi connectivity index (χ1n) is 4.58. The molecule has 0 fully saturated rings. The summed E-state index contributed by atoms with van der Waals surface area (Å²) in [6, 6.07) is 0. The molecule has 1 aromatic rings. The highest BCUT2D eigenvalue weighted by molar-refractivity contribution is 7.09. The van der Waals surface area contributed by atoms with Crippen molar-refractivity contribution in [2.45, 2.75) is 27.2 Å². The van der Waals surface area contributed by atoms with Crippen LogP contribution in [0.4, 0.5) is 0 Å². The third kappa shape index (κ3) is 2.12. The van der Waals surface area contributed by atoms with E-state index in [0.29, 0.717) is 6.42 Å². The first-order valence-corrected chi connectivity index (χ1v) is 5.46. The van der Waals surface area contributed by atoms with Gasteiger partial charge in [0.1, 0.15) is 0 Å². The number of nitrogens with zero attached hydrogens (tertiary/aromatic N) is 1. The summed E-state index contributed by atoms with van der Waals surface area (Å²) in [6.07, 6.45) is 2.22. The summed E-state index contributed by atoms with van der Waals surface area (Å²) in [5.74, 6) is -0.647. The lowest BCUT2D eigenvalue weighted by molar-refractivity contribution is -0.150. The Morgan fingerprint density at radius 2 is 2.36 bits per heavy atom. The second-order valence-electron chi connectivity index (χ2n) is 3.98. The molecule has 0 saturated heterocycles. The Morgan fingerprint density at radius 3 is 2.71 bits per heavy atom. The Bertz CT molecular complexity index is 308. The van der Waals surface area contributed by atoms with Crippen LogP contribution in [0, 0.1) is 11.3 Å². The van der Waals surface area contributed by atoms with Crippen LogP contribution < -0.4 is 0 Å². The Morgan fingerprint density at radius 1 is 1.71 bits per heavy atom. The highest BCUT2D eigenvalue weighted by Gasteiger charge is 2.37. The van der Waals surface area contributed by atoms with Crippen molar-refractivity contribution in [1.29, 1.82) is 0 Å². The van der Waals surface area contributed by atoms with E-state index in [1.165, 1.54) is 11.3 Å². The lowest BCUT2D eigenvalue weighted by atomic mass is 9.76. The van der Waals surface area contributed by atoms with Crippen molar-refractivity contribution in [3.8, 4) is 0 Å². The number of carbonyl (C=O) groups is 1. The van der Waals surface area contributed by atoms with Gasteiger partial charge >= 0.3 is 5.97 Å². The molecule has 0 bridgehead atoms. The molecule has 1 N–H and O–H groups in total. The molecule has 4 heteroatoms. The average Bonchev–Trinajstić information content (AvgIpc) is 2.55. The number of carboxylic acids is 1. The molecule has 1 aromatic heterocycles. The predicted molar refractivity (Wildman–Crippen MR) is 56.4 cm³/mol. The molecule has 0 aliphatic rings. The van der Waals surface area contributed by atoms with Gasteiger partial charge in [-0.25, -0.2) is 4.98 Å². The van der Waals surface area contributed by atoms with Gasteiger partial charge in [0.2, 0.25) is 0 Å². The second-order valence-corrected chi connectivity index (χ2v) is 4.96. The Hall–Kier alpha value is -0.900. The van der Waals surface area contributed by atoms with Gasteiger partial charge in [0.05, 0.1) is 10.4 Å². The van der Waals surface area contributed by atoms with Gasteiger partial charge in [-0.15, -0.1) is 11.3 Å². The number of aliphatic carboxylic acids is 1. The molecule has 0 aliphatic heterocycles. The monoisotopic (exact) mass is 213 g/mol. The molecule has 0 aliphatic carbocycles. The molecule has 1 heterocycles. The van der Waals surface area contributed by atoms with Crippen molar-refractivity contribution >= 4 is 17.3 Å². The number of hydrogen-bond acceptors (Lipinski definition) is 3. The summed E-state index contributed by atoms with van der Waals surface area (Å²) in [5.41, 5.74) is -0.710. The third-order valence-electron chi connectivity index (χ3n) is 2.76. The first-order chi connectivity index (χ1) is 6.47. The van der Waals surface area contributed by atoms with Gasteiger partial charge < -0.3 is 5.11 Å². The van der Waals surface area contributed by atoms with Gasteiger partial charge in [0.25, 0.3) is 0 Å². The Kier molecular flexibility index (Phi) is 3.26. The number of thiazole rings is 1. The van der Waals surface area contributed by atoms with E-state index in [2.05, 4.69) is 4.98 Å². The van der Waals surface area contributed by atoms with Crippen LogP contribution in [-0.4, -0.2) is 16.1 Å². The molecule has 0 radical (unpaired) electrons. The Labute approximate surface area is 87.8 Å². The number of carboxylic acid groups (broad SMARTS) is 1. The van der Waals surface area contributed by atoms with E-state index in [1.807, 2.05) is 19.2 Å². The molecule has 14 heavy (non-hydrogen) atoms. The molecule has 78 valence electrons. The van der Waals surface area contributed by atoms with Crippen LogP contribution in [0.1, 0.15) is 25.8 Å². The van der Waals surface area contributed by atoms with E-state index in [0.717, 1.165) is 5.01 Å². The molecular weight excluding hydrogens is 198 g/mol. The standard InChI is InChI=1S/C10H15NO2S/c1-7(2)10(3,9(12)13)6-8-11-4-5-14-8/h4-5,7H,6H2,1-3H3,(H,12,13). The fourth-order valence-corrected chi connectivity index (χ4v) is 1.96. The van der Waals surface area contributed by atoms with Crippen molar-refractivity contribution in [3.05, 3.63) is 16.6 Å². The minimum Gasteiger partial charge on any atom is -0.481 e. The van der Waals surface area contributed by atoms with Crippen molar-refractivity contribution in [2.24, 2.45) is 11.3 Å². The smallest absolute Gasteiger partial charge is 0.310 e. The highest BCUT2D eigenvalue weighted by Crippen LogP contribution is 2.32. The van der Waals surface area contributed by atoms with Crippen LogP contribution in [0.5, 0.6) is 0 Å². The van der Waals surface area contributed by atoms with Crippen LogP contribution in [0.15, 0.2) is 11.6 Å². The summed E-state index contributed by atoms with van der Waals surface area (Å²) >= 11 is 1.51. The number of rotatable bonds is 4. The minimum absolute atomic E-state index is 0.101. The molecule has 1 atom stereocenters. The molecule has 0 spiro atoms. The second kappa shape index (κ2) is 4.09. The number of hydrogen-bond donors (Lipinski definition) is 1. The van der Waals surface area contributed by atoms with Crippen LogP contribution in [0.3, 0.4) is 0 Å². The molecule has 0 saturated carbocycles. The average molecular weight is 213 g/mol. The first kappa shape index (κ1) is 11.2. The van der Waals surface area contributed by atoms with Crippen LogP contribution in [0.2, 0.25) is 0 Å². The van der Waals surface area contributed by atoms with Crippen LogP contribution in [-0.2, 0) is 11.2 Å². The Balaban J connectivity index is 2.85. The van der Waals surface area contributed by atoms with Crippen LogP contribution >= 0.6 is 11.3 Å². The third-order valence-corrected chi connectivity index (χ3v) is 3.54. The molecular formula is C10H15NO2S. The SMILES string of the molecule is CC(C)C(C)(Cc1nccs1)C(=O)O. The lowest BCUT2D eigenvalue weighted by Crippen LogP contribution is -2.35. The lowest BCUT2D eigenvalue weighted by Gasteiger charge is -2.27. The largest absolute Gasteiger partial charge is 0.481 e. The summed E-state index contributed by atoms with van der Waals surface area (Å²) in [6.45, 7) is 5.64. The van der Waals surface area contributed by atoms with E-state index >= 15 is 0 Å². The van der Waals surface area contributed by atoms with Gasteiger partial charge in [-0.2, -0.15) is 0 Å². The molecule has 0 aromatic carbocycles. The minimum atomic E-state index is -0.747. The van der Waals surface area contributed by atoms with Crippen molar-refractivity contribution in [2.75, 3.05) is 0 Å². The maximum absolute atomic E-state index is 11.2. The summed E-state index contributed by atoms with van der Waals surface area (Å²) in [5, 5.41) is 11.9. The summed E-state index contributed by atoms with van der Waals surface area (Å²) in [4.78, 5) is 15.3. The molecule has 1 rings (SSSR count). The van der Waals surface area contributed by atoms with E-state index in [-0.39, 0.29) is 5.92 Å². The highest BCUT2D eigenvalue weighted by atomic mass is 32.1. The fourth-order valence-electron chi connectivity index (χ4n) is 1.18. The zero-order chi connectivity index (χ0) is 10.8. The number of aromatic nitrogens is 1. The quantitative estimate of drug-likeness (QED) is 0.835. The maximum Gasteiger partial charge on any atom is 0.310 e. The van der Waals surface area contributed by atoms with Gasteiger partial charge in [0.15, 0.2) is 0 Å². The van der Waals surface area contributed by atoms with Crippen molar-refractivity contribution in [3.63, 3.8) is 0 Å². The van der Waals surface area contributed by atoms with Crippen LogP contribution in [0.25, 0.3) is 0 Å². The maximum atomic E-state index is 11.2. The van der Waals surface area contributed by atoms with E-state index < -0.39 is 11.4 Å². The van der Waals surface area contributed by atoms with Gasteiger partial charge in [-0.1, -0.05) is 13.8 Å². The van der Waals surface area contributed by atoms with Crippen molar-refractivity contribution < 1.29 is 9.90 Å². The zero-order valence-corrected chi connectivity index (χ0v) is 9.47. The fraction of sp³-hybridized carbons (Fsp3) is 0.600. The van der Waals surface area contributed by atoms with Gasteiger partial charge in [-0.05, 0) is 12.8 Å². The van der Waals surface area contributed by atoms with Gasteiger partial charge in [0, 0.05) is 18.0 Å². The molecule has 1 unspecified atom stereocenters. The van der Waals surface area contributed by atoms with E-state index in [4.69, 9.17) is 0 Å². The van der Waals surface area contributed by atoms with Gasteiger partial charge in [-0.3, -0.25) is 4.79 Å². The van der Waals surface area contributed by atoms with E-state index in [9.17, 15) is 9.90 Å². The molecule has 0 amide bonds. The predicted octanol–water partition coefficient (Wildman–Crippen LogP) is 2.43. The van der Waals surface area contributed by atoms with E-state index in [1.54, 1.807) is 13.1 Å². The van der Waals surface area contributed by atoms with Crippen molar-refractivity contribution in [1.82, 2.24) is 4.98 Å². The normalized spacial score (nSPS) is 15.4. The summed E-state index contributed by atoms with van der Waals surface area (Å²) in [7, 11) is 0. The summed E-state index contributed by atoms with van der Waals surface area (Å²) < 4.78 is 0.